The first kappa shape index (κ1) is 21.0. The maximum atomic E-state index is 12.1. The minimum absolute atomic E-state index is 0.0813. The van der Waals surface area contributed by atoms with E-state index in [9.17, 15) is 14.9 Å². The van der Waals surface area contributed by atoms with Gasteiger partial charge in [0.15, 0.2) is 11.5 Å². The van der Waals surface area contributed by atoms with E-state index in [0.29, 0.717) is 29.7 Å². The summed E-state index contributed by atoms with van der Waals surface area (Å²) in [6.07, 6.45) is 1.26. The lowest BCUT2D eigenvalue weighted by atomic mass is 10.1. The molecule has 0 saturated heterocycles. The molecular formula is C20H24N2O6. The number of methoxy groups -OCH3 is 1. The number of rotatable bonds is 9. The number of non-ortho nitro benzene ring substituents is 1. The van der Waals surface area contributed by atoms with Crippen molar-refractivity contribution in [3.05, 3.63) is 52.6 Å². The number of hydrogen-bond donors (Lipinski definition) is 1. The third-order valence-corrected chi connectivity index (χ3v) is 3.85. The first-order valence-electron chi connectivity index (χ1n) is 8.93. The zero-order valence-corrected chi connectivity index (χ0v) is 16.1. The van der Waals surface area contributed by atoms with Crippen molar-refractivity contribution in [1.82, 2.24) is 0 Å². The van der Waals surface area contributed by atoms with Gasteiger partial charge in [-0.15, -0.1) is 0 Å². The van der Waals surface area contributed by atoms with Crippen molar-refractivity contribution in [2.75, 3.05) is 19.0 Å². The van der Waals surface area contributed by atoms with Crippen LogP contribution in [0.5, 0.6) is 17.2 Å². The van der Waals surface area contributed by atoms with Gasteiger partial charge >= 0.3 is 6.09 Å². The van der Waals surface area contributed by atoms with Crippen LogP contribution in [0.3, 0.4) is 0 Å². The lowest BCUT2D eigenvalue weighted by Crippen LogP contribution is -2.16. The van der Waals surface area contributed by atoms with Crippen LogP contribution in [0, 0.1) is 16.0 Å². The van der Waals surface area contributed by atoms with E-state index in [1.54, 1.807) is 25.3 Å². The Kier molecular flexibility index (Phi) is 7.62. The Balaban J connectivity index is 1.97. The number of carbonyl (C=O) groups is 1. The fourth-order valence-electron chi connectivity index (χ4n) is 2.43. The van der Waals surface area contributed by atoms with Gasteiger partial charge in [0, 0.05) is 23.9 Å². The fourth-order valence-corrected chi connectivity index (χ4v) is 2.43. The number of nitrogens with zero attached hydrogens (tertiary/aromatic N) is 1. The molecule has 2 rings (SSSR count). The van der Waals surface area contributed by atoms with Crippen LogP contribution in [0.15, 0.2) is 42.5 Å². The van der Waals surface area contributed by atoms with Crippen molar-refractivity contribution in [2.24, 2.45) is 5.92 Å². The molecule has 0 aromatic heterocycles. The molecule has 1 amide bonds. The average molecular weight is 388 g/mol. The Hall–Kier alpha value is -3.29. The molecule has 0 atom stereocenters. The van der Waals surface area contributed by atoms with Crippen LogP contribution in [-0.2, 0) is 0 Å². The Bertz CT molecular complexity index is 805. The summed E-state index contributed by atoms with van der Waals surface area (Å²) in [4.78, 5) is 22.2. The molecule has 8 nitrogen and oxygen atoms in total. The predicted molar refractivity (Wildman–Crippen MR) is 105 cm³/mol. The fraction of sp³-hybridized carbons (Fsp3) is 0.350. The van der Waals surface area contributed by atoms with Crippen LogP contribution in [0.4, 0.5) is 16.2 Å². The van der Waals surface area contributed by atoms with E-state index in [0.717, 1.165) is 12.8 Å². The second kappa shape index (κ2) is 10.1. The number of carbonyl (C=O) groups excluding carboxylic acids is 1. The summed E-state index contributed by atoms with van der Waals surface area (Å²) in [6, 6.07) is 10.3. The smallest absolute Gasteiger partial charge is 0.417 e. The van der Waals surface area contributed by atoms with Gasteiger partial charge in [-0.2, -0.15) is 0 Å². The number of anilines is 1. The number of amides is 1. The molecule has 28 heavy (non-hydrogen) atoms. The van der Waals surface area contributed by atoms with E-state index in [1.165, 1.54) is 24.3 Å². The monoisotopic (exact) mass is 388 g/mol. The van der Waals surface area contributed by atoms with E-state index in [4.69, 9.17) is 14.2 Å². The zero-order valence-electron chi connectivity index (χ0n) is 16.1. The molecule has 2 aromatic rings. The molecular weight excluding hydrogens is 364 g/mol. The van der Waals surface area contributed by atoms with Crippen molar-refractivity contribution in [3.8, 4) is 17.2 Å². The van der Waals surface area contributed by atoms with Gasteiger partial charge in [0.25, 0.3) is 5.69 Å². The highest BCUT2D eigenvalue weighted by Crippen LogP contribution is 2.30. The van der Waals surface area contributed by atoms with Crippen LogP contribution in [-0.4, -0.2) is 24.7 Å². The highest BCUT2D eigenvalue weighted by molar-refractivity contribution is 5.86. The van der Waals surface area contributed by atoms with Crippen molar-refractivity contribution in [3.63, 3.8) is 0 Å². The van der Waals surface area contributed by atoms with Gasteiger partial charge in [-0.05, 0) is 43.0 Å². The average Bonchev–Trinajstić information content (AvgIpc) is 2.65. The van der Waals surface area contributed by atoms with Gasteiger partial charge in [-0.1, -0.05) is 13.8 Å². The molecule has 0 aliphatic rings. The second-order valence-corrected chi connectivity index (χ2v) is 6.52. The molecule has 2 aromatic carbocycles. The molecule has 0 unspecified atom stereocenters. The molecule has 0 bridgehead atoms. The molecule has 0 spiro atoms. The van der Waals surface area contributed by atoms with Gasteiger partial charge in [0.05, 0.1) is 18.6 Å². The lowest BCUT2D eigenvalue weighted by Gasteiger charge is -2.13. The second-order valence-electron chi connectivity index (χ2n) is 6.52. The largest absolute Gasteiger partial charge is 0.493 e. The molecule has 150 valence electrons. The van der Waals surface area contributed by atoms with Crippen LogP contribution >= 0.6 is 0 Å². The molecule has 0 aliphatic carbocycles. The molecule has 0 fully saturated rings. The van der Waals surface area contributed by atoms with Crippen LogP contribution in [0.25, 0.3) is 0 Å². The highest BCUT2D eigenvalue weighted by Gasteiger charge is 2.11. The molecule has 0 aliphatic heterocycles. The lowest BCUT2D eigenvalue weighted by molar-refractivity contribution is -0.384. The summed E-state index contributed by atoms with van der Waals surface area (Å²) in [5.41, 5.74) is 0.397. The highest BCUT2D eigenvalue weighted by atomic mass is 16.6. The Morgan fingerprint density at radius 1 is 1.14 bits per heavy atom. The molecule has 1 N–H and O–H groups in total. The molecule has 0 saturated carbocycles. The first-order chi connectivity index (χ1) is 13.4. The Labute approximate surface area is 163 Å². The summed E-state index contributed by atoms with van der Waals surface area (Å²) < 4.78 is 16.2. The maximum Gasteiger partial charge on any atom is 0.417 e. The third kappa shape index (κ3) is 6.46. The van der Waals surface area contributed by atoms with Crippen molar-refractivity contribution < 1.29 is 23.9 Å². The molecule has 0 radical (unpaired) electrons. The SMILES string of the molecule is COc1ccc(NC(=O)Oc2ccc([N+](=O)[O-])cc2)cc1OCCCC(C)C. The standard InChI is InChI=1S/C20H24N2O6/c1-14(2)5-4-12-27-19-13-15(6-11-18(19)26-3)21-20(23)28-17-9-7-16(8-10-17)22(24)25/h6-11,13-14H,4-5,12H2,1-3H3,(H,21,23). The Morgan fingerprint density at radius 2 is 1.86 bits per heavy atom. The topological polar surface area (TPSA) is 99.9 Å². The predicted octanol–water partition coefficient (Wildman–Crippen LogP) is 5.03. The summed E-state index contributed by atoms with van der Waals surface area (Å²) >= 11 is 0. The van der Waals surface area contributed by atoms with Crippen LogP contribution in [0.2, 0.25) is 0 Å². The minimum atomic E-state index is -0.718. The number of hydrogen-bond acceptors (Lipinski definition) is 6. The van der Waals surface area contributed by atoms with Gasteiger partial charge in [-0.3, -0.25) is 15.4 Å². The van der Waals surface area contributed by atoms with Gasteiger partial charge in [0.2, 0.25) is 0 Å². The van der Waals surface area contributed by atoms with E-state index in [2.05, 4.69) is 19.2 Å². The summed E-state index contributed by atoms with van der Waals surface area (Å²) in [5, 5.41) is 13.2. The van der Waals surface area contributed by atoms with E-state index >= 15 is 0 Å². The molecule has 8 heteroatoms. The summed E-state index contributed by atoms with van der Waals surface area (Å²) in [5.74, 6) is 1.90. The van der Waals surface area contributed by atoms with E-state index in [1.807, 2.05) is 0 Å². The summed E-state index contributed by atoms with van der Waals surface area (Å²) in [7, 11) is 1.55. The number of ether oxygens (including phenoxy) is 3. The van der Waals surface area contributed by atoms with Gasteiger partial charge < -0.3 is 14.2 Å². The zero-order chi connectivity index (χ0) is 20.5. The van der Waals surface area contributed by atoms with E-state index in [-0.39, 0.29) is 11.4 Å². The Morgan fingerprint density at radius 3 is 2.46 bits per heavy atom. The van der Waals surface area contributed by atoms with Crippen molar-refractivity contribution in [1.29, 1.82) is 0 Å². The number of nitrogens with one attached hydrogen (secondary N) is 1. The first-order valence-corrected chi connectivity index (χ1v) is 8.93. The van der Waals surface area contributed by atoms with Gasteiger partial charge in [-0.25, -0.2) is 4.79 Å². The third-order valence-electron chi connectivity index (χ3n) is 3.85. The normalized spacial score (nSPS) is 10.4. The van der Waals surface area contributed by atoms with Crippen molar-refractivity contribution >= 4 is 17.5 Å². The number of nitro benzene ring substituents is 1. The maximum absolute atomic E-state index is 12.1. The van der Waals surface area contributed by atoms with Crippen LogP contribution < -0.4 is 19.5 Å². The summed E-state index contributed by atoms with van der Waals surface area (Å²) in [6.45, 7) is 4.86. The van der Waals surface area contributed by atoms with Gasteiger partial charge in [0.1, 0.15) is 5.75 Å². The minimum Gasteiger partial charge on any atom is -0.493 e. The van der Waals surface area contributed by atoms with Crippen LogP contribution in [0.1, 0.15) is 26.7 Å². The molecule has 0 heterocycles. The quantitative estimate of drug-likeness (QED) is 0.367. The van der Waals surface area contributed by atoms with Crippen molar-refractivity contribution in [2.45, 2.75) is 26.7 Å². The number of nitro groups is 1. The van der Waals surface area contributed by atoms with E-state index < -0.39 is 11.0 Å². The number of benzene rings is 2.